The molecule has 0 aromatic heterocycles. The highest BCUT2D eigenvalue weighted by Gasteiger charge is 2.13. The average Bonchev–Trinajstić information content (AvgIpc) is 2.55. The van der Waals surface area contributed by atoms with Crippen molar-refractivity contribution in [2.75, 3.05) is 13.7 Å². The van der Waals surface area contributed by atoms with Crippen LogP contribution in [-0.4, -0.2) is 28.3 Å². The molecule has 1 N–H and O–H groups in total. The van der Waals surface area contributed by atoms with E-state index in [0.717, 1.165) is 0 Å². The fourth-order valence-corrected chi connectivity index (χ4v) is 3.50. The van der Waals surface area contributed by atoms with Gasteiger partial charge in [0.05, 0.1) is 29.3 Å². The van der Waals surface area contributed by atoms with Gasteiger partial charge >= 0.3 is 0 Å². The summed E-state index contributed by atoms with van der Waals surface area (Å²) in [5.74, 6) is 1.09. The Morgan fingerprint density at radius 3 is 2.56 bits per heavy atom. The monoisotopic (exact) mass is 446 g/mol. The minimum absolute atomic E-state index is 0.0694. The number of hydrogen-bond acceptors (Lipinski definition) is 5. The maximum absolute atomic E-state index is 12.1. The van der Waals surface area contributed by atoms with E-state index in [1.807, 2.05) is 6.92 Å². The van der Waals surface area contributed by atoms with E-state index >= 15 is 0 Å². The van der Waals surface area contributed by atoms with Crippen LogP contribution in [0.5, 0.6) is 11.5 Å². The lowest BCUT2D eigenvalue weighted by Gasteiger charge is -2.11. The van der Waals surface area contributed by atoms with Gasteiger partial charge in [-0.1, -0.05) is 11.6 Å². The topological polar surface area (TPSA) is 77.0 Å². The Labute approximate surface area is 160 Å². The number of halogens is 2. The van der Waals surface area contributed by atoms with Crippen LogP contribution >= 0.6 is 27.5 Å². The lowest BCUT2D eigenvalue weighted by Crippen LogP contribution is -2.18. The predicted octanol–water partition coefficient (Wildman–Crippen LogP) is 3.82. The van der Waals surface area contributed by atoms with Crippen molar-refractivity contribution < 1.29 is 17.9 Å². The zero-order chi connectivity index (χ0) is 18.4. The molecular formula is C16H16BrClN2O4S. The molecule has 0 aliphatic heterocycles. The molecule has 25 heavy (non-hydrogen) atoms. The van der Waals surface area contributed by atoms with E-state index in [1.54, 1.807) is 12.1 Å². The SMILES string of the molecule is CCOc1cc(/C=N/NS(=O)(=O)c2ccc(Cl)cc2)cc(Br)c1OC. The van der Waals surface area contributed by atoms with E-state index in [2.05, 4.69) is 25.9 Å². The Kier molecular flexibility index (Phi) is 6.69. The number of nitrogens with zero attached hydrogens (tertiary/aromatic N) is 1. The van der Waals surface area contributed by atoms with Crippen molar-refractivity contribution in [2.24, 2.45) is 5.10 Å². The van der Waals surface area contributed by atoms with Crippen molar-refractivity contribution in [3.63, 3.8) is 0 Å². The van der Waals surface area contributed by atoms with Crippen molar-refractivity contribution in [1.82, 2.24) is 4.83 Å². The second kappa shape index (κ2) is 8.55. The summed E-state index contributed by atoms with van der Waals surface area (Å²) in [5.41, 5.74) is 0.634. The van der Waals surface area contributed by atoms with Crippen molar-refractivity contribution in [3.8, 4) is 11.5 Å². The molecule has 0 amide bonds. The molecule has 0 bridgehead atoms. The quantitative estimate of drug-likeness (QED) is 0.517. The van der Waals surface area contributed by atoms with Gasteiger partial charge in [-0.3, -0.25) is 0 Å². The molecule has 0 aliphatic carbocycles. The molecule has 2 aromatic rings. The van der Waals surface area contributed by atoms with Gasteiger partial charge < -0.3 is 9.47 Å². The molecule has 2 aromatic carbocycles. The molecule has 6 nitrogen and oxygen atoms in total. The molecule has 0 heterocycles. The fraction of sp³-hybridized carbons (Fsp3) is 0.188. The molecule has 134 valence electrons. The highest BCUT2D eigenvalue weighted by Crippen LogP contribution is 2.36. The summed E-state index contributed by atoms with van der Waals surface area (Å²) in [6.45, 7) is 2.32. The third-order valence-electron chi connectivity index (χ3n) is 3.05. The number of hydrazone groups is 1. The molecule has 2 rings (SSSR count). The number of benzene rings is 2. The number of methoxy groups -OCH3 is 1. The van der Waals surface area contributed by atoms with Crippen LogP contribution < -0.4 is 14.3 Å². The molecular weight excluding hydrogens is 432 g/mol. The highest BCUT2D eigenvalue weighted by atomic mass is 79.9. The van der Waals surface area contributed by atoms with Gasteiger partial charge in [-0.2, -0.15) is 13.5 Å². The Morgan fingerprint density at radius 2 is 1.96 bits per heavy atom. The van der Waals surface area contributed by atoms with Crippen LogP contribution in [0.1, 0.15) is 12.5 Å². The zero-order valence-electron chi connectivity index (χ0n) is 13.5. The van der Waals surface area contributed by atoms with Crippen LogP contribution in [0.15, 0.2) is 50.9 Å². The van der Waals surface area contributed by atoms with Crippen LogP contribution in [0.4, 0.5) is 0 Å². The molecule has 0 atom stereocenters. The minimum Gasteiger partial charge on any atom is -0.492 e. The fourth-order valence-electron chi connectivity index (χ4n) is 1.96. The van der Waals surface area contributed by atoms with Crippen LogP contribution in [0.2, 0.25) is 5.02 Å². The Balaban J connectivity index is 2.20. The summed E-state index contributed by atoms with van der Waals surface area (Å²) in [4.78, 5) is 2.22. The maximum atomic E-state index is 12.1. The van der Waals surface area contributed by atoms with E-state index in [4.69, 9.17) is 21.1 Å². The summed E-state index contributed by atoms with van der Waals surface area (Å²) in [6.07, 6.45) is 1.38. The third-order valence-corrected chi connectivity index (χ3v) is 5.13. The molecule has 0 saturated heterocycles. The van der Waals surface area contributed by atoms with Crippen LogP contribution in [0.25, 0.3) is 0 Å². The van der Waals surface area contributed by atoms with E-state index in [1.165, 1.54) is 37.6 Å². The zero-order valence-corrected chi connectivity index (χ0v) is 16.7. The van der Waals surface area contributed by atoms with Gasteiger partial charge in [-0.05, 0) is 64.8 Å². The predicted molar refractivity (Wildman–Crippen MR) is 101 cm³/mol. The molecule has 0 aliphatic rings. The molecule has 0 fully saturated rings. The van der Waals surface area contributed by atoms with Crippen molar-refractivity contribution >= 4 is 43.8 Å². The summed E-state index contributed by atoms with van der Waals surface area (Å²) in [7, 11) is -2.23. The van der Waals surface area contributed by atoms with Gasteiger partial charge in [0.15, 0.2) is 11.5 Å². The van der Waals surface area contributed by atoms with E-state index in [-0.39, 0.29) is 4.90 Å². The van der Waals surface area contributed by atoms with Gasteiger partial charge in [-0.15, -0.1) is 0 Å². The lowest BCUT2D eigenvalue weighted by molar-refractivity contribution is 0.310. The van der Waals surface area contributed by atoms with Gasteiger partial charge in [-0.25, -0.2) is 4.83 Å². The minimum atomic E-state index is -3.76. The summed E-state index contributed by atoms with van der Waals surface area (Å²) < 4.78 is 35.7. The van der Waals surface area contributed by atoms with Gasteiger partial charge in [0, 0.05) is 5.02 Å². The summed E-state index contributed by atoms with van der Waals surface area (Å²) >= 11 is 9.14. The van der Waals surface area contributed by atoms with Gasteiger partial charge in [0.2, 0.25) is 0 Å². The number of hydrogen-bond donors (Lipinski definition) is 1. The first kappa shape index (κ1) is 19.6. The first-order valence-electron chi connectivity index (χ1n) is 7.18. The Morgan fingerprint density at radius 1 is 1.28 bits per heavy atom. The van der Waals surface area contributed by atoms with E-state index in [9.17, 15) is 8.42 Å². The van der Waals surface area contributed by atoms with Crippen LogP contribution in [-0.2, 0) is 10.0 Å². The second-order valence-corrected chi connectivity index (χ2v) is 7.73. The van der Waals surface area contributed by atoms with E-state index in [0.29, 0.717) is 33.2 Å². The van der Waals surface area contributed by atoms with Crippen LogP contribution in [0.3, 0.4) is 0 Å². The number of ether oxygens (including phenoxy) is 2. The third kappa shape index (κ3) is 5.10. The summed E-state index contributed by atoms with van der Waals surface area (Å²) in [5, 5.41) is 4.25. The van der Waals surface area contributed by atoms with E-state index < -0.39 is 10.0 Å². The average molecular weight is 448 g/mol. The molecule has 9 heteroatoms. The van der Waals surface area contributed by atoms with Crippen molar-refractivity contribution in [2.45, 2.75) is 11.8 Å². The molecule has 0 unspecified atom stereocenters. The second-order valence-electron chi connectivity index (χ2n) is 4.77. The first-order valence-corrected chi connectivity index (χ1v) is 9.83. The molecule has 0 radical (unpaired) electrons. The molecule has 0 saturated carbocycles. The number of rotatable bonds is 7. The van der Waals surface area contributed by atoms with Crippen molar-refractivity contribution in [3.05, 3.63) is 51.5 Å². The van der Waals surface area contributed by atoms with Crippen molar-refractivity contribution in [1.29, 1.82) is 0 Å². The standard InChI is InChI=1S/C16H16BrClN2O4S/c1-3-24-15-9-11(8-14(17)16(15)23-2)10-19-20-25(21,22)13-6-4-12(18)5-7-13/h4-10,20H,3H2,1-2H3/b19-10+. The first-order chi connectivity index (χ1) is 11.9. The number of nitrogens with one attached hydrogen (secondary N) is 1. The highest BCUT2D eigenvalue weighted by molar-refractivity contribution is 9.10. The normalized spacial score (nSPS) is 11.5. The number of sulfonamides is 1. The largest absolute Gasteiger partial charge is 0.492 e. The summed E-state index contributed by atoms with van der Waals surface area (Å²) in [6, 6.07) is 9.23. The van der Waals surface area contributed by atoms with Crippen LogP contribution in [0, 0.1) is 0 Å². The van der Waals surface area contributed by atoms with Gasteiger partial charge in [0.1, 0.15) is 0 Å². The lowest BCUT2D eigenvalue weighted by atomic mass is 10.2. The molecule has 0 spiro atoms. The van der Waals surface area contributed by atoms with Gasteiger partial charge in [0.25, 0.3) is 10.0 Å². The Bertz CT molecular complexity index is 870. The Hall–Kier alpha value is -1.77. The maximum Gasteiger partial charge on any atom is 0.276 e. The smallest absolute Gasteiger partial charge is 0.276 e.